The van der Waals surface area contributed by atoms with Crippen LogP contribution in [0.2, 0.25) is 0 Å². The molecule has 0 unspecified atom stereocenters. The first-order valence-corrected chi connectivity index (χ1v) is 5.23. The number of nitrogens with one attached hydrogen (secondary N) is 1. The van der Waals surface area contributed by atoms with Crippen LogP contribution in [-0.2, 0) is 0 Å². The van der Waals surface area contributed by atoms with Crippen molar-refractivity contribution in [3.63, 3.8) is 0 Å². The van der Waals surface area contributed by atoms with Crippen molar-refractivity contribution >= 4 is 23.0 Å². The van der Waals surface area contributed by atoms with Gasteiger partial charge in [-0.15, -0.1) is 5.10 Å². The molecule has 1 aliphatic carbocycles. The Morgan fingerprint density at radius 3 is 2.59 bits per heavy atom. The van der Waals surface area contributed by atoms with Crippen molar-refractivity contribution < 1.29 is 13.2 Å². The predicted octanol–water partition coefficient (Wildman–Crippen LogP) is 1.62. The Kier molecular flexibility index (Phi) is 2.69. The van der Waals surface area contributed by atoms with E-state index in [9.17, 15) is 13.2 Å². The number of rotatable bonds is 3. The molecule has 3 N–H and O–H groups in total. The molecular formula is C9H9F3N4S. The summed E-state index contributed by atoms with van der Waals surface area (Å²) in [6, 6.07) is 1.43. The molecule has 8 heteroatoms. The zero-order valence-corrected chi connectivity index (χ0v) is 9.40. The first-order valence-electron chi connectivity index (χ1n) is 4.82. The normalized spacial score (nSPS) is 17.6. The van der Waals surface area contributed by atoms with Crippen molar-refractivity contribution in [2.75, 3.05) is 5.32 Å². The molecular weight excluding hydrogens is 253 g/mol. The number of aromatic nitrogens is 2. The number of nitrogens with two attached hydrogens (primary N) is 1. The monoisotopic (exact) mass is 262 g/mol. The van der Waals surface area contributed by atoms with Gasteiger partial charge in [0, 0.05) is 0 Å². The first kappa shape index (κ1) is 12.0. The van der Waals surface area contributed by atoms with Crippen LogP contribution < -0.4 is 11.1 Å². The van der Waals surface area contributed by atoms with Gasteiger partial charge < -0.3 is 11.1 Å². The van der Waals surface area contributed by atoms with Crippen LogP contribution in [0.1, 0.15) is 18.4 Å². The fourth-order valence-electron chi connectivity index (χ4n) is 1.45. The lowest BCUT2D eigenvalue weighted by molar-refractivity contribution is -0.151. The van der Waals surface area contributed by atoms with Gasteiger partial charge in [-0.3, -0.25) is 0 Å². The average Bonchev–Trinajstić information content (AvgIpc) is 2.98. The van der Waals surface area contributed by atoms with Gasteiger partial charge in [-0.2, -0.15) is 18.3 Å². The molecule has 92 valence electrons. The van der Waals surface area contributed by atoms with E-state index in [-0.39, 0.29) is 29.2 Å². The second-order valence-corrected chi connectivity index (χ2v) is 4.30. The Balaban J connectivity index is 2.29. The highest BCUT2D eigenvalue weighted by molar-refractivity contribution is 7.80. The van der Waals surface area contributed by atoms with Gasteiger partial charge in [0.05, 0.1) is 11.8 Å². The summed E-state index contributed by atoms with van der Waals surface area (Å²) in [4.78, 5) is -0.0135. The minimum atomic E-state index is -4.32. The Morgan fingerprint density at radius 1 is 1.47 bits per heavy atom. The van der Waals surface area contributed by atoms with Gasteiger partial charge in [0.25, 0.3) is 0 Å². The van der Waals surface area contributed by atoms with Gasteiger partial charge in [0.1, 0.15) is 10.5 Å². The number of alkyl halides is 3. The topological polar surface area (TPSA) is 63.8 Å². The predicted molar refractivity (Wildman–Crippen MR) is 59.6 cm³/mol. The Hall–Kier alpha value is -1.44. The molecule has 1 heterocycles. The zero-order chi connectivity index (χ0) is 12.7. The lowest BCUT2D eigenvalue weighted by Crippen LogP contribution is -2.39. The molecule has 0 saturated heterocycles. The maximum absolute atomic E-state index is 12.7. The van der Waals surface area contributed by atoms with Crippen LogP contribution in [0.25, 0.3) is 0 Å². The Morgan fingerprint density at radius 2 is 2.12 bits per heavy atom. The Labute approximate surface area is 100 Å². The van der Waals surface area contributed by atoms with Crippen molar-refractivity contribution in [2.45, 2.75) is 24.6 Å². The zero-order valence-electron chi connectivity index (χ0n) is 8.58. The molecule has 17 heavy (non-hydrogen) atoms. The van der Waals surface area contributed by atoms with E-state index in [0.717, 1.165) is 0 Å². The van der Waals surface area contributed by atoms with E-state index in [1.54, 1.807) is 0 Å². The highest BCUT2D eigenvalue weighted by atomic mass is 32.1. The molecule has 4 nitrogen and oxygen atoms in total. The van der Waals surface area contributed by atoms with Gasteiger partial charge in [0.2, 0.25) is 0 Å². The van der Waals surface area contributed by atoms with Crippen molar-refractivity contribution in [2.24, 2.45) is 5.73 Å². The lowest BCUT2D eigenvalue weighted by Gasteiger charge is -2.21. The van der Waals surface area contributed by atoms with E-state index < -0.39 is 11.7 Å². The minimum absolute atomic E-state index is 0.0135. The van der Waals surface area contributed by atoms with Crippen LogP contribution in [0.5, 0.6) is 0 Å². The Bertz CT molecular complexity index is 456. The van der Waals surface area contributed by atoms with E-state index in [0.29, 0.717) is 0 Å². The van der Waals surface area contributed by atoms with Gasteiger partial charge in [-0.05, 0) is 18.9 Å². The molecule has 1 aromatic rings. The number of thiocarbonyl (C=S) groups is 1. The van der Waals surface area contributed by atoms with Crippen LogP contribution in [0.3, 0.4) is 0 Å². The second-order valence-electron chi connectivity index (χ2n) is 3.86. The molecule has 0 aliphatic heterocycles. The third-order valence-electron chi connectivity index (χ3n) is 2.64. The molecule has 1 saturated carbocycles. The smallest absolute Gasteiger partial charge is 0.389 e. The fourth-order valence-corrected chi connectivity index (χ4v) is 1.62. The third kappa shape index (κ3) is 2.17. The molecule has 1 aromatic heterocycles. The number of hydrogen-bond acceptors (Lipinski definition) is 4. The van der Waals surface area contributed by atoms with E-state index in [2.05, 4.69) is 15.5 Å². The molecule has 0 aromatic carbocycles. The van der Waals surface area contributed by atoms with E-state index >= 15 is 0 Å². The largest absolute Gasteiger partial charge is 0.411 e. The summed E-state index contributed by atoms with van der Waals surface area (Å²) in [5.41, 5.74) is 3.77. The number of anilines is 1. The van der Waals surface area contributed by atoms with Crippen LogP contribution >= 0.6 is 12.2 Å². The SMILES string of the molecule is NC(=S)c1ccnnc1NC1(C(F)(F)F)CC1. The highest BCUT2D eigenvalue weighted by Gasteiger charge is 2.64. The summed E-state index contributed by atoms with van der Waals surface area (Å²) in [6.45, 7) is 0. The van der Waals surface area contributed by atoms with E-state index in [1.807, 2.05) is 0 Å². The standard InChI is InChI=1S/C9H9F3N4S/c10-9(11,12)8(2-3-8)15-7-5(6(13)17)1-4-14-16-7/h1,4H,2-3H2,(H2,13,17)(H,15,16). The second kappa shape index (κ2) is 3.80. The third-order valence-corrected chi connectivity index (χ3v) is 2.86. The van der Waals surface area contributed by atoms with Crippen LogP contribution in [-0.4, -0.2) is 26.9 Å². The van der Waals surface area contributed by atoms with Gasteiger partial charge in [-0.25, -0.2) is 0 Å². The summed E-state index contributed by atoms with van der Waals surface area (Å²) < 4.78 is 38.2. The van der Waals surface area contributed by atoms with Crippen LogP contribution in [0.15, 0.2) is 12.3 Å². The van der Waals surface area contributed by atoms with Crippen molar-refractivity contribution in [1.29, 1.82) is 0 Å². The summed E-state index contributed by atoms with van der Waals surface area (Å²) >= 11 is 4.74. The maximum atomic E-state index is 12.7. The molecule has 0 spiro atoms. The van der Waals surface area contributed by atoms with Crippen LogP contribution in [0, 0.1) is 0 Å². The summed E-state index contributed by atoms with van der Waals surface area (Å²) in [6.07, 6.45) is -2.96. The molecule has 1 aliphatic rings. The first-order chi connectivity index (χ1) is 7.86. The molecule has 2 rings (SSSR count). The quantitative estimate of drug-likeness (QED) is 0.810. The van der Waals surface area contributed by atoms with Crippen molar-refractivity contribution in [1.82, 2.24) is 10.2 Å². The summed E-state index contributed by atoms with van der Waals surface area (Å²) in [5, 5.41) is 9.49. The molecule has 1 fully saturated rings. The summed E-state index contributed by atoms with van der Waals surface area (Å²) in [5.74, 6) is -0.0187. The summed E-state index contributed by atoms with van der Waals surface area (Å²) in [7, 11) is 0. The molecule has 0 radical (unpaired) electrons. The minimum Gasteiger partial charge on any atom is -0.389 e. The lowest BCUT2D eigenvalue weighted by atomic mass is 10.2. The van der Waals surface area contributed by atoms with E-state index in [4.69, 9.17) is 18.0 Å². The fraction of sp³-hybridized carbons (Fsp3) is 0.444. The number of halogens is 3. The van der Waals surface area contributed by atoms with Gasteiger partial charge >= 0.3 is 6.18 Å². The molecule has 0 amide bonds. The molecule has 0 atom stereocenters. The van der Waals surface area contributed by atoms with Crippen LogP contribution in [0.4, 0.5) is 19.0 Å². The highest BCUT2D eigenvalue weighted by Crippen LogP contribution is 2.51. The number of hydrogen-bond donors (Lipinski definition) is 2. The number of nitrogens with zero attached hydrogens (tertiary/aromatic N) is 2. The van der Waals surface area contributed by atoms with Crippen molar-refractivity contribution in [3.8, 4) is 0 Å². The average molecular weight is 262 g/mol. The van der Waals surface area contributed by atoms with Gasteiger partial charge in [-0.1, -0.05) is 12.2 Å². The molecule has 0 bridgehead atoms. The van der Waals surface area contributed by atoms with E-state index in [1.165, 1.54) is 12.3 Å². The van der Waals surface area contributed by atoms with Crippen molar-refractivity contribution in [3.05, 3.63) is 17.8 Å². The van der Waals surface area contributed by atoms with Gasteiger partial charge in [0.15, 0.2) is 5.82 Å². The maximum Gasteiger partial charge on any atom is 0.411 e.